The normalized spacial score (nSPS) is 13.7. The number of fused-ring (bicyclic) bond motifs is 3. The zero-order valence-corrected chi connectivity index (χ0v) is 18.5. The molecule has 4 N–H and O–H groups in total. The van der Waals surface area contributed by atoms with E-state index in [2.05, 4.69) is 10.6 Å². The Kier molecular flexibility index (Phi) is 8.20. The summed E-state index contributed by atoms with van der Waals surface area (Å²) in [7, 11) is 0. The van der Waals surface area contributed by atoms with Crippen molar-refractivity contribution in [3.05, 3.63) is 59.7 Å². The van der Waals surface area contributed by atoms with Crippen molar-refractivity contribution in [1.82, 2.24) is 10.6 Å². The van der Waals surface area contributed by atoms with Crippen LogP contribution in [0.1, 0.15) is 30.4 Å². The molecule has 0 radical (unpaired) electrons. The van der Waals surface area contributed by atoms with Crippen molar-refractivity contribution >= 4 is 23.9 Å². The van der Waals surface area contributed by atoms with E-state index in [1.165, 1.54) is 6.92 Å². The minimum atomic E-state index is -1.82. The number of hydrogen-bond acceptors (Lipinski definition) is 7. The van der Waals surface area contributed by atoms with Gasteiger partial charge in [0.25, 0.3) is 5.91 Å². The molecular formula is C24H26N2O8. The topological polar surface area (TPSA) is 151 Å². The van der Waals surface area contributed by atoms with Crippen molar-refractivity contribution in [2.75, 3.05) is 19.8 Å². The lowest BCUT2D eigenvalue weighted by atomic mass is 9.98. The number of aliphatic hydroxyl groups excluding tert-OH is 1. The van der Waals surface area contributed by atoms with Crippen LogP contribution in [0.5, 0.6) is 0 Å². The third-order valence-electron chi connectivity index (χ3n) is 5.42. The molecule has 2 unspecified atom stereocenters. The van der Waals surface area contributed by atoms with Crippen LogP contribution in [0.2, 0.25) is 0 Å². The van der Waals surface area contributed by atoms with Crippen LogP contribution in [-0.4, -0.2) is 66.1 Å². The van der Waals surface area contributed by atoms with Crippen LogP contribution >= 0.6 is 0 Å². The molecule has 0 heterocycles. The fraction of sp³-hybridized carbons (Fsp3) is 0.333. The first kappa shape index (κ1) is 24.7. The van der Waals surface area contributed by atoms with E-state index in [9.17, 15) is 24.3 Å². The Morgan fingerprint density at radius 3 is 2.06 bits per heavy atom. The van der Waals surface area contributed by atoms with Gasteiger partial charge in [0.2, 0.25) is 6.04 Å². The SMILES string of the molecule is CCOC(=O)C(NC(=O)OCC1c2ccccc2-c2ccccc21)C(=O)NC(CCO)C(=O)O. The Balaban J connectivity index is 1.70. The monoisotopic (exact) mass is 470 g/mol. The van der Waals surface area contributed by atoms with E-state index in [-0.39, 0.29) is 25.6 Å². The summed E-state index contributed by atoms with van der Waals surface area (Å²) < 4.78 is 10.2. The molecule has 1 aliphatic rings. The smallest absolute Gasteiger partial charge is 0.408 e. The predicted molar refractivity (Wildman–Crippen MR) is 120 cm³/mol. The predicted octanol–water partition coefficient (Wildman–Crippen LogP) is 1.41. The molecule has 180 valence electrons. The van der Waals surface area contributed by atoms with Crippen molar-refractivity contribution in [1.29, 1.82) is 0 Å². The third-order valence-corrected chi connectivity index (χ3v) is 5.42. The number of amides is 2. The zero-order valence-electron chi connectivity index (χ0n) is 18.5. The van der Waals surface area contributed by atoms with Crippen LogP contribution in [0, 0.1) is 0 Å². The number of carboxylic acid groups (broad SMARTS) is 1. The molecule has 2 amide bonds. The fourth-order valence-corrected chi connectivity index (χ4v) is 3.86. The number of esters is 1. The summed E-state index contributed by atoms with van der Waals surface area (Å²) in [6.07, 6.45) is -1.31. The van der Waals surface area contributed by atoms with Gasteiger partial charge in [0, 0.05) is 18.9 Å². The molecule has 10 nitrogen and oxygen atoms in total. The number of aliphatic carboxylic acids is 1. The summed E-state index contributed by atoms with van der Waals surface area (Å²) in [6, 6.07) is 12.2. The number of nitrogens with one attached hydrogen (secondary N) is 2. The molecule has 0 aromatic heterocycles. The lowest BCUT2D eigenvalue weighted by Gasteiger charge is -2.20. The van der Waals surface area contributed by atoms with Crippen LogP contribution in [0.25, 0.3) is 11.1 Å². The molecule has 2 aromatic rings. The van der Waals surface area contributed by atoms with Gasteiger partial charge in [-0.3, -0.25) is 10.1 Å². The van der Waals surface area contributed by atoms with Crippen molar-refractivity contribution in [2.45, 2.75) is 31.3 Å². The van der Waals surface area contributed by atoms with Crippen LogP contribution < -0.4 is 10.6 Å². The van der Waals surface area contributed by atoms with Gasteiger partial charge in [-0.05, 0) is 29.2 Å². The molecule has 34 heavy (non-hydrogen) atoms. The number of hydrogen-bond donors (Lipinski definition) is 4. The van der Waals surface area contributed by atoms with Crippen LogP contribution in [-0.2, 0) is 23.9 Å². The van der Waals surface area contributed by atoms with Gasteiger partial charge in [0.05, 0.1) is 6.61 Å². The second-order valence-electron chi connectivity index (χ2n) is 7.57. The van der Waals surface area contributed by atoms with Gasteiger partial charge in [0.1, 0.15) is 12.6 Å². The van der Waals surface area contributed by atoms with Crippen LogP contribution in [0.15, 0.2) is 48.5 Å². The van der Waals surface area contributed by atoms with E-state index in [0.29, 0.717) is 0 Å². The second kappa shape index (κ2) is 11.3. The molecule has 0 spiro atoms. The standard InChI is InChI=1S/C24H26N2O8/c1-2-33-23(31)20(21(28)25-19(11-12-27)22(29)30)26-24(32)34-13-18-16-9-5-3-7-14(16)15-8-4-6-10-17(15)18/h3-10,18-20,27H,2,11-13H2,1H3,(H,25,28)(H,26,32)(H,29,30). The largest absolute Gasteiger partial charge is 0.480 e. The third kappa shape index (κ3) is 5.52. The Bertz CT molecular complexity index is 1020. The first-order valence-electron chi connectivity index (χ1n) is 10.8. The Morgan fingerprint density at radius 1 is 0.941 bits per heavy atom. The fourth-order valence-electron chi connectivity index (χ4n) is 3.86. The number of alkyl carbamates (subject to hydrolysis) is 1. The number of carbonyl (C=O) groups excluding carboxylic acids is 3. The molecule has 0 aliphatic heterocycles. The van der Waals surface area contributed by atoms with Gasteiger partial charge < -0.3 is 25.0 Å². The minimum Gasteiger partial charge on any atom is -0.480 e. The van der Waals surface area contributed by atoms with E-state index in [1.807, 2.05) is 48.5 Å². The minimum absolute atomic E-state index is 0.0424. The maximum atomic E-state index is 12.5. The van der Waals surface area contributed by atoms with E-state index < -0.39 is 42.6 Å². The number of carboxylic acids is 1. The molecule has 0 saturated carbocycles. The second-order valence-corrected chi connectivity index (χ2v) is 7.57. The molecule has 10 heteroatoms. The number of aliphatic hydroxyl groups is 1. The van der Waals surface area contributed by atoms with Crippen molar-refractivity contribution in [3.63, 3.8) is 0 Å². The lowest BCUT2D eigenvalue weighted by Crippen LogP contribution is -2.55. The zero-order chi connectivity index (χ0) is 24.7. The molecule has 0 bridgehead atoms. The lowest BCUT2D eigenvalue weighted by molar-refractivity contribution is -0.151. The number of ether oxygens (including phenoxy) is 2. The van der Waals surface area contributed by atoms with Gasteiger partial charge >= 0.3 is 18.0 Å². The number of benzene rings is 2. The van der Waals surface area contributed by atoms with E-state index in [0.717, 1.165) is 22.3 Å². The summed E-state index contributed by atoms with van der Waals surface area (Å²) in [5, 5.41) is 22.4. The summed E-state index contributed by atoms with van der Waals surface area (Å²) in [5.74, 6) is -3.78. The van der Waals surface area contributed by atoms with Crippen molar-refractivity contribution < 1.29 is 38.9 Å². The van der Waals surface area contributed by atoms with Gasteiger partial charge in [-0.15, -0.1) is 0 Å². The Hall–Kier alpha value is -3.92. The summed E-state index contributed by atoms with van der Waals surface area (Å²) in [5.41, 5.74) is 4.06. The van der Waals surface area contributed by atoms with Gasteiger partial charge in [-0.1, -0.05) is 48.5 Å². The molecule has 0 saturated heterocycles. The van der Waals surface area contributed by atoms with Crippen molar-refractivity contribution in [2.24, 2.45) is 0 Å². The first-order valence-corrected chi connectivity index (χ1v) is 10.8. The molecule has 2 atom stereocenters. The number of carbonyl (C=O) groups is 4. The van der Waals surface area contributed by atoms with E-state index >= 15 is 0 Å². The summed E-state index contributed by atoms with van der Waals surface area (Å²) in [6.45, 7) is 0.917. The highest BCUT2D eigenvalue weighted by Gasteiger charge is 2.34. The molecule has 1 aliphatic carbocycles. The van der Waals surface area contributed by atoms with Crippen molar-refractivity contribution in [3.8, 4) is 11.1 Å². The van der Waals surface area contributed by atoms with Gasteiger partial charge in [-0.2, -0.15) is 0 Å². The van der Waals surface area contributed by atoms with Crippen LogP contribution in [0.4, 0.5) is 4.79 Å². The average Bonchev–Trinajstić information content (AvgIpc) is 3.14. The number of rotatable bonds is 10. The highest BCUT2D eigenvalue weighted by Crippen LogP contribution is 2.44. The van der Waals surface area contributed by atoms with Gasteiger partial charge in [-0.25, -0.2) is 14.4 Å². The maximum Gasteiger partial charge on any atom is 0.408 e. The highest BCUT2D eigenvalue weighted by molar-refractivity contribution is 6.05. The molecule has 3 rings (SSSR count). The van der Waals surface area contributed by atoms with E-state index in [1.54, 1.807) is 0 Å². The molecule has 2 aromatic carbocycles. The summed E-state index contributed by atoms with van der Waals surface area (Å²) in [4.78, 5) is 48.6. The molecule has 0 fully saturated rings. The first-order chi connectivity index (χ1) is 16.4. The average molecular weight is 470 g/mol. The Morgan fingerprint density at radius 2 is 1.53 bits per heavy atom. The van der Waals surface area contributed by atoms with Gasteiger partial charge in [0.15, 0.2) is 0 Å². The Labute approximate surface area is 195 Å². The maximum absolute atomic E-state index is 12.5. The van der Waals surface area contributed by atoms with E-state index in [4.69, 9.17) is 14.6 Å². The quantitative estimate of drug-likeness (QED) is 0.301. The molecular weight excluding hydrogens is 444 g/mol. The summed E-state index contributed by atoms with van der Waals surface area (Å²) >= 11 is 0. The highest BCUT2D eigenvalue weighted by atomic mass is 16.6. The van der Waals surface area contributed by atoms with Crippen LogP contribution in [0.3, 0.4) is 0 Å².